The molecule has 0 aliphatic carbocycles. The van der Waals surface area contributed by atoms with Crippen molar-refractivity contribution in [3.63, 3.8) is 0 Å². The van der Waals surface area contributed by atoms with Crippen molar-refractivity contribution in [3.8, 4) is 0 Å². The lowest BCUT2D eigenvalue weighted by molar-refractivity contribution is 0.106. The lowest BCUT2D eigenvalue weighted by atomic mass is 9.92. The first-order valence-corrected chi connectivity index (χ1v) is 7.16. The number of likely N-dealkylation sites (tertiary alicyclic amines) is 1. The van der Waals surface area contributed by atoms with Crippen molar-refractivity contribution in [2.24, 2.45) is 5.92 Å². The van der Waals surface area contributed by atoms with Crippen LogP contribution >= 0.6 is 0 Å². The van der Waals surface area contributed by atoms with Gasteiger partial charge in [-0.1, -0.05) is 33.6 Å². The number of rotatable bonds is 6. The normalized spacial score (nSPS) is 29.2. The highest BCUT2D eigenvalue weighted by Crippen LogP contribution is 2.20. The van der Waals surface area contributed by atoms with Gasteiger partial charge in [-0.3, -0.25) is 0 Å². The molecule has 96 valence electrons. The third-order valence-electron chi connectivity index (χ3n) is 4.00. The van der Waals surface area contributed by atoms with Gasteiger partial charge in [-0.2, -0.15) is 0 Å². The van der Waals surface area contributed by atoms with Crippen molar-refractivity contribution in [3.05, 3.63) is 0 Å². The van der Waals surface area contributed by atoms with Crippen LogP contribution in [-0.4, -0.2) is 36.6 Å². The number of hydrogen-bond acceptors (Lipinski definition) is 2. The molecule has 0 amide bonds. The molecule has 3 atom stereocenters. The summed E-state index contributed by atoms with van der Waals surface area (Å²) in [5.74, 6) is 0.803. The molecule has 0 aromatic carbocycles. The highest BCUT2D eigenvalue weighted by molar-refractivity contribution is 4.84. The summed E-state index contributed by atoms with van der Waals surface area (Å²) in [5.41, 5.74) is 0. The molecule has 1 aliphatic rings. The molecule has 2 heteroatoms. The Labute approximate surface area is 102 Å². The fourth-order valence-electron chi connectivity index (χ4n) is 2.83. The van der Waals surface area contributed by atoms with E-state index in [-0.39, 0.29) is 0 Å². The second-order valence-electron chi connectivity index (χ2n) is 5.42. The van der Waals surface area contributed by atoms with Gasteiger partial charge in [0.15, 0.2) is 0 Å². The maximum atomic E-state index is 3.61. The second-order valence-corrected chi connectivity index (χ2v) is 5.42. The third-order valence-corrected chi connectivity index (χ3v) is 4.00. The summed E-state index contributed by atoms with van der Waals surface area (Å²) in [6, 6.07) is 1.53. The van der Waals surface area contributed by atoms with E-state index < -0.39 is 0 Å². The van der Waals surface area contributed by atoms with Crippen LogP contribution in [0.25, 0.3) is 0 Å². The minimum Gasteiger partial charge on any atom is -0.314 e. The predicted octanol–water partition coefficient (Wildman–Crippen LogP) is 2.89. The standard InChI is InChI=1S/C14H30N2/c1-5-7-8-13(4)16-10-9-14(15-6-2)12(3)11-16/h12-15H,5-11H2,1-4H3. The van der Waals surface area contributed by atoms with E-state index in [4.69, 9.17) is 0 Å². The molecule has 1 saturated heterocycles. The van der Waals surface area contributed by atoms with E-state index in [1.54, 1.807) is 0 Å². The Morgan fingerprint density at radius 2 is 2.12 bits per heavy atom. The van der Waals surface area contributed by atoms with E-state index in [2.05, 4.69) is 37.9 Å². The zero-order valence-electron chi connectivity index (χ0n) is 11.6. The summed E-state index contributed by atoms with van der Waals surface area (Å²) < 4.78 is 0. The van der Waals surface area contributed by atoms with Crippen LogP contribution in [0, 0.1) is 5.92 Å². The maximum Gasteiger partial charge on any atom is 0.0117 e. The second kappa shape index (κ2) is 7.29. The summed E-state index contributed by atoms with van der Waals surface area (Å²) in [6.45, 7) is 13.0. The number of nitrogens with one attached hydrogen (secondary N) is 1. The fourth-order valence-corrected chi connectivity index (χ4v) is 2.83. The Morgan fingerprint density at radius 1 is 1.38 bits per heavy atom. The monoisotopic (exact) mass is 226 g/mol. The van der Waals surface area contributed by atoms with E-state index >= 15 is 0 Å². The van der Waals surface area contributed by atoms with Crippen LogP contribution in [0.15, 0.2) is 0 Å². The van der Waals surface area contributed by atoms with Crippen LogP contribution in [0.3, 0.4) is 0 Å². The van der Waals surface area contributed by atoms with E-state index in [9.17, 15) is 0 Å². The molecular formula is C14H30N2. The van der Waals surface area contributed by atoms with E-state index in [1.165, 1.54) is 38.8 Å². The lowest BCUT2D eigenvalue weighted by Crippen LogP contribution is -2.50. The van der Waals surface area contributed by atoms with Crippen molar-refractivity contribution in [1.29, 1.82) is 0 Å². The molecule has 0 saturated carbocycles. The molecule has 0 spiro atoms. The Hall–Kier alpha value is -0.0800. The van der Waals surface area contributed by atoms with Crippen LogP contribution in [0.2, 0.25) is 0 Å². The number of nitrogens with zero attached hydrogens (tertiary/aromatic N) is 1. The maximum absolute atomic E-state index is 3.61. The molecule has 0 aromatic heterocycles. The molecule has 0 bridgehead atoms. The number of hydrogen-bond donors (Lipinski definition) is 1. The van der Waals surface area contributed by atoms with Crippen LogP contribution in [0.1, 0.15) is 53.4 Å². The van der Waals surface area contributed by atoms with Gasteiger partial charge in [0, 0.05) is 18.6 Å². The lowest BCUT2D eigenvalue weighted by Gasteiger charge is -2.40. The first-order chi connectivity index (χ1) is 7.69. The first-order valence-electron chi connectivity index (χ1n) is 7.16. The van der Waals surface area contributed by atoms with Gasteiger partial charge in [-0.15, -0.1) is 0 Å². The Morgan fingerprint density at radius 3 is 2.69 bits per heavy atom. The molecule has 1 heterocycles. The zero-order chi connectivity index (χ0) is 12.0. The summed E-state index contributed by atoms with van der Waals surface area (Å²) in [6.07, 6.45) is 5.40. The third kappa shape index (κ3) is 4.06. The molecule has 2 nitrogen and oxygen atoms in total. The van der Waals surface area contributed by atoms with Gasteiger partial charge in [-0.25, -0.2) is 0 Å². The molecule has 16 heavy (non-hydrogen) atoms. The molecule has 0 aromatic rings. The van der Waals surface area contributed by atoms with Crippen molar-refractivity contribution < 1.29 is 0 Å². The quantitative estimate of drug-likeness (QED) is 0.749. The van der Waals surface area contributed by atoms with E-state index in [1.807, 2.05) is 0 Å². The smallest absolute Gasteiger partial charge is 0.0117 e. The number of piperidine rings is 1. The van der Waals surface area contributed by atoms with Gasteiger partial charge < -0.3 is 10.2 Å². The SMILES string of the molecule is CCCCC(C)N1CCC(NCC)C(C)C1. The van der Waals surface area contributed by atoms with Crippen molar-refractivity contribution in [1.82, 2.24) is 10.2 Å². The average Bonchev–Trinajstić information content (AvgIpc) is 2.29. The molecule has 1 rings (SSSR count). The summed E-state index contributed by atoms with van der Waals surface area (Å²) in [4.78, 5) is 2.69. The minimum absolute atomic E-state index is 0.750. The average molecular weight is 226 g/mol. The van der Waals surface area contributed by atoms with E-state index in [0.29, 0.717) is 0 Å². The van der Waals surface area contributed by atoms with Gasteiger partial charge in [0.25, 0.3) is 0 Å². The first kappa shape index (κ1) is 14.0. The van der Waals surface area contributed by atoms with E-state index in [0.717, 1.165) is 24.5 Å². The van der Waals surface area contributed by atoms with Gasteiger partial charge >= 0.3 is 0 Å². The minimum atomic E-state index is 0.750. The predicted molar refractivity (Wildman–Crippen MR) is 71.8 cm³/mol. The largest absolute Gasteiger partial charge is 0.314 e. The number of unbranched alkanes of at least 4 members (excludes halogenated alkanes) is 1. The molecule has 1 aliphatic heterocycles. The van der Waals surface area contributed by atoms with Crippen LogP contribution in [-0.2, 0) is 0 Å². The zero-order valence-corrected chi connectivity index (χ0v) is 11.6. The molecular weight excluding hydrogens is 196 g/mol. The van der Waals surface area contributed by atoms with Crippen LogP contribution in [0.4, 0.5) is 0 Å². The highest BCUT2D eigenvalue weighted by Gasteiger charge is 2.27. The molecule has 0 radical (unpaired) electrons. The topological polar surface area (TPSA) is 15.3 Å². The Balaban J connectivity index is 2.32. The summed E-state index contributed by atoms with van der Waals surface area (Å²) in [7, 11) is 0. The van der Waals surface area contributed by atoms with Crippen molar-refractivity contribution in [2.45, 2.75) is 65.5 Å². The fraction of sp³-hybridized carbons (Fsp3) is 1.00. The summed E-state index contributed by atoms with van der Waals surface area (Å²) in [5, 5.41) is 3.61. The van der Waals surface area contributed by atoms with Crippen molar-refractivity contribution in [2.75, 3.05) is 19.6 Å². The molecule has 3 unspecified atom stereocenters. The summed E-state index contributed by atoms with van der Waals surface area (Å²) >= 11 is 0. The van der Waals surface area contributed by atoms with Gasteiger partial charge in [-0.05, 0) is 38.8 Å². The van der Waals surface area contributed by atoms with Gasteiger partial charge in [0.05, 0.1) is 0 Å². The highest BCUT2D eigenvalue weighted by atomic mass is 15.2. The molecule has 1 N–H and O–H groups in total. The Bertz CT molecular complexity index is 182. The van der Waals surface area contributed by atoms with Gasteiger partial charge in [0.2, 0.25) is 0 Å². The Kier molecular flexibility index (Phi) is 6.37. The van der Waals surface area contributed by atoms with Crippen LogP contribution < -0.4 is 5.32 Å². The van der Waals surface area contributed by atoms with Crippen molar-refractivity contribution >= 4 is 0 Å². The molecule has 1 fully saturated rings. The van der Waals surface area contributed by atoms with Gasteiger partial charge in [0.1, 0.15) is 0 Å². The van der Waals surface area contributed by atoms with Crippen LogP contribution in [0.5, 0.6) is 0 Å².